The zero-order chi connectivity index (χ0) is 18.2. The summed E-state index contributed by atoms with van der Waals surface area (Å²) >= 11 is 5.95. The molecule has 0 amide bonds. The van der Waals surface area contributed by atoms with E-state index in [1.54, 1.807) is 7.11 Å². The predicted molar refractivity (Wildman–Crippen MR) is 98.1 cm³/mol. The molecule has 0 radical (unpaired) electrons. The third-order valence-electron chi connectivity index (χ3n) is 3.93. The maximum absolute atomic E-state index is 12.4. The summed E-state index contributed by atoms with van der Waals surface area (Å²) in [7, 11) is 2.91. The predicted octanol–water partition coefficient (Wildman–Crippen LogP) is 4.60. The van der Waals surface area contributed by atoms with Gasteiger partial charge in [0, 0.05) is 11.4 Å². The molecular formula is C20H23ClO4. The van der Waals surface area contributed by atoms with Crippen molar-refractivity contribution in [1.29, 1.82) is 0 Å². The SMILES string of the molecule is COC(=O)[C@@H](O[C@@H](CCCl)c1ccccc1)c1cc(C)ccc1OC. The van der Waals surface area contributed by atoms with E-state index in [1.165, 1.54) is 7.11 Å². The number of alkyl halides is 1. The van der Waals surface area contributed by atoms with Crippen molar-refractivity contribution in [1.82, 2.24) is 0 Å². The Bertz CT molecular complexity index is 687. The van der Waals surface area contributed by atoms with Crippen LogP contribution in [-0.4, -0.2) is 26.1 Å². The Kier molecular flexibility index (Phi) is 7.29. The van der Waals surface area contributed by atoms with Crippen LogP contribution in [0.4, 0.5) is 0 Å². The Morgan fingerprint density at radius 2 is 1.84 bits per heavy atom. The zero-order valence-electron chi connectivity index (χ0n) is 14.7. The molecule has 2 atom stereocenters. The van der Waals surface area contributed by atoms with Gasteiger partial charge in [0.25, 0.3) is 0 Å². The summed E-state index contributed by atoms with van der Waals surface area (Å²) in [6.45, 7) is 1.95. The van der Waals surface area contributed by atoms with Gasteiger partial charge in [0.15, 0.2) is 6.10 Å². The maximum Gasteiger partial charge on any atom is 0.339 e. The third-order valence-corrected chi connectivity index (χ3v) is 4.14. The molecule has 0 aliphatic rings. The lowest BCUT2D eigenvalue weighted by Crippen LogP contribution is -2.21. The van der Waals surface area contributed by atoms with Gasteiger partial charge in [-0.3, -0.25) is 0 Å². The molecule has 4 nitrogen and oxygen atoms in total. The van der Waals surface area contributed by atoms with Crippen LogP contribution in [0.5, 0.6) is 5.75 Å². The number of carbonyl (C=O) groups is 1. The Hall–Kier alpha value is -2.04. The standard InChI is InChI=1S/C20H23ClO4/c1-14-9-10-18(23-2)16(13-14)19(20(22)24-3)25-17(11-12-21)15-7-5-4-6-8-15/h4-10,13,17,19H,11-12H2,1-3H3/t17-,19-/m0/s1. The van der Waals surface area contributed by atoms with Crippen molar-refractivity contribution in [3.63, 3.8) is 0 Å². The summed E-state index contributed by atoms with van der Waals surface area (Å²) < 4.78 is 16.6. The second-order valence-electron chi connectivity index (χ2n) is 5.66. The lowest BCUT2D eigenvalue weighted by Gasteiger charge is -2.25. The average molecular weight is 363 g/mol. The second-order valence-corrected chi connectivity index (χ2v) is 6.04. The molecule has 0 aromatic heterocycles. The number of halogens is 1. The fraction of sp³-hybridized carbons (Fsp3) is 0.350. The lowest BCUT2D eigenvalue weighted by atomic mass is 10.0. The van der Waals surface area contributed by atoms with Gasteiger partial charge in [0.05, 0.1) is 20.3 Å². The minimum atomic E-state index is -0.895. The Labute approximate surface area is 153 Å². The molecule has 0 bridgehead atoms. The molecule has 0 saturated heterocycles. The first-order valence-corrected chi connectivity index (χ1v) is 8.63. The number of rotatable bonds is 8. The number of aryl methyl sites for hydroxylation is 1. The van der Waals surface area contributed by atoms with Crippen LogP contribution in [0.3, 0.4) is 0 Å². The summed E-state index contributed by atoms with van der Waals surface area (Å²) in [6.07, 6.45) is -0.644. The van der Waals surface area contributed by atoms with Gasteiger partial charge < -0.3 is 14.2 Å². The second kappa shape index (κ2) is 9.44. The summed E-state index contributed by atoms with van der Waals surface area (Å²) in [6, 6.07) is 15.3. The fourth-order valence-electron chi connectivity index (χ4n) is 2.67. The van der Waals surface area contributed by atoms with E-state index >= 15 is 0 Å². The molecule has 0 aliphatic heterocycles. The van der Waals surface area contributed by atoms with Crippen LogP contribution < -0.4 is 4.74 Å². The highest BCUT2D eigenvalue weighted by molar-refractivity contribution is 6.17. The number of carbonyl (C=O) groups excluding carboxylic acids is 1. The Balaban J connectivity index is 2.40. The van der Waals surface area contributed by atoms with Crippen LogP contribution in [0, 0.1) is 6.92 Å². The molecule has 2 rings (SSSR count). The van der Waals surface area contributed by atoms with E-state index in [9.17, 15) is 4.79 Å². The average Bonchev–Trinajstić information content (AvgIpc) is 2.65. The normalized spacial score (nSPS) is 13.1. The Morgan fingerprint density at radius 3 is 2.44 bits per heavy atom. The number of esters is 1. The van der Waals surface area contributed by atoms with E-state index in [4.69, 9.17) is 25.8 Å². The van der Waals surface area contributed by atoms with Crippen molar-refractivity contribution < 1.29 is 19.0 Å². The Morgan fingerprint density at radius 1 is 1.12 bits per heavy atom. The summed E-state index contributed by atoms with van der Waals surface area (Å²) in [5.41, 5.74) is 2.61. The van der Waals surface area contributed by atoms with Crippen LogP contribution in [0.25, 0.3) is 0 Å². The molecule has 0 heterocycles. The highest BCUT2D eigenvalue weighted by Crippen LogP contribution is 2.35. The fourth-order valence-corrected chi connectivity index (χ4v) is 2.86. The maximum atomic E-state index is 12.4. The van der Waals surface area contributed by atoms with Crippen molar-refractivity contribution in [2.75, 3.05) is 20.1 Å². The molecule has 5 heteroatoms. The van der Waals surface area contributed by atoms with Crippen LogP contribution in [0.15, 0.2) is 48.5 Å². The van der Waals surface area contributed by atoms with Crippen LogP contribution >= 0.6 is 11.6 Å². The molecule has 0 N–H and O–H groups in total. The van der Waals surface area contributed by atoms with Gasteiger partial charge >= 0.3 is 5.97 Å². The van der Waals surface area contributed by atoms with Gasteiger partial charge in [-0.1, -0.05) is 42.0 Å². The lowest BCUT2D eigenvalue weighted by molar-refractivity contribution is -0.159. The first-order valence-electron chi connectivity index (χ1n) is 8.09. The van der Waals surface area contributed by atoms with E-state index < -0.39 is 12.1 Å². The zero-order valence-corrected chi connectivity index (χ0v) is 15.5. The highest BCUT2D eigenvalue weighted by Gasteiger charge is 2.29. The van der Waals surface area contributed by atoms with Crippen molar-refractivity contribution in [3.8, 4) is 5.75 Å². The summed E-state index contributed by atoms with van der Waals surface area (Å²) in [4.78, 5) is 12.4. The molecule has 0 unspecified atom stereocenters. The summed E-state index contributed by atoms with van der Waals surface area (Å²) in [5.74, 6) is 0.524. The topological polar surface area (TPSA) is 44.8 Å². The van der Waals surface area contributed by atoms with Gasteiger partial charge in [-0.25, -0.2) is 4.79 Å². The van der Waals surface area contributed by atoms with Crippen molar-refractivity contribution in [2.45, 2.75) is 25.6 Å². The molecule has 134 valence electrons. The molecule has 0 fully saturated rings. The van der Waals surface area contributed by atoms with Gasteiger partial charge in [-0.15, -0.1) is 11.6 Å². The van der Waals surface area contributed by atoms with Crippen molar-refractivity contribution >= 4 is 17.6 Å². The van der Waals surface area contributed by atoms with E-state index in [0.717, 1.165) is 11.1 Å². The van der Waals surface area contributed by atoms with E-state index in [1.807, 2.05) is 55.5 Å². The quantitative estimate of drug-likeness (QED) is 0.508. The van der Waals surface area contributed by atoms with Gasteiger partial charge in [-0.2, -0.15) is 0 Å². The monoisotopic (exact) mass is 362 g/mol. The van der Waals surface area contributed by atoms with Crippen LogP contribution in [0.2, 0.25) is 0 Å². The number of hydrogen-bond acceptors (Lipinski definition) is 4. The summed E-state index contributed by atoms with van der Waals surface area (Å²) in [5, 5.41) is 0. The number of hydrogen-bond donors (Lipinski definition) is 0. The minimum Gasteiger partial charge on any atom is -0.496 e. The smallest absolute Gasteiger partial charge is 0.339 e. The van der Waals surface area contributed by atoms with Crippen LogP contribution in [-0.2, 0) is 14.3 Å². The molecule has 25 heavy (non-hydrogen) atoms. The molecule has 2 aromatic rings. The molecule has 0 spiro atoms. The first-order chi connectivity index (χ1) is 12.1. The molecule has 2 aromatic carbocycles. The van der Waals surface area contributed by atoms with Gasteiger partial charge in [-0.05, 0) is 31.0 Å². The number of benzene rings is 2. The van der Waals surface area contributed by atoms with E-state index in [-0.39, 0.29) is 6.10 Å². The van der Waals surface area contributed by atoms with Crippen LogP contribution in [0.1, 0.15) is 35.3 Å². The van der Waals surface area contributed by atoms with Gasteiger partial charge in [0.1, 0.15) is 5.75 Å². The molecule has 0 aliphatic carbocycles. The number of methoxy groups -OCH3 is 2. The third kappa shape index (κ3) is 4.97. The minimum absolute atomic E-state index is 0.326. The number of ether oxygens (including phenoxy) is 3. The van der Waals surface area contributed by atoms with E-state index in [2.05, 4.69) is 0 Å². The highest BCUT2D eigenvalue weighted by atomic mass is 35.5. The first kappa shape index (κ1) is 19.3. The van der Waals surface area contributed by atoms with E-state index in [0.29, 0.717) is 23.6 Å². The molecular weight excluding hydrogens is 340 g/mol. The van der Waals surface area contributed by atoms with Crippen molar-refractivity contribution in [2.24, 2.45) is 0 Å². The molecule has 0 saturated carbocycles. The van der Waals surface area contributed by atoms with Crippen molar-refractivity contribution in [3.05, 3.63) is 65.2 Å². The largest absolute Gasteiger partial charge is 0.496 e. The van der Waals surface area contributed by atoms with Gasteiger partial charge in [0.2, 0.25) is 0 Å².